The first-order valence-corrected chi connectivity index (χ1v) is 5.72. The van der Waals surface area contributed by atoms with Crippen molar-refractivity contribution in [1.29, 1.82) is 0 Å². The molecule has 1 saturated heterocycles. The molecule has 0 unspecified atom stereocenters. The van der Waals surface area contributed by atoms with Crippen molar-refractivity contribution in [3.63, 3.8) is 0 Å². The number of anilines is 1. The second kappa shape index (κ2) is 4.00. The number of carbonyl (C=O) groups is 1. The molecule has 0 bridgehead atoms. The van der Waals surface area contributed by atoms with Gasteiger partial charge in [-0.2, -0.15) is 0 Å². The van der Waals surface area contributed by atoms with Crippen LogP contribution in [0.25, 0.3) is 0 Å². The summed E-state index contributed by atoms with van der Waals surface area (Å²) in [6, 6.07) is 3.50. The molecule has 2 heterocycles. The predicted molar refractivity (Wildman–Crippen MR) is 66.7 cm³/mol. The van der Waals surface area contributed by atoms with Gasteiger partial charge in [-0.3, -0.25) is 4.79 Å². The number of pyridine rings is 1. The van der Waals surface area contributed by atoms with E-state index in [1.54, 1.807) is 12.1 Å². The van der Waals surface area contributed by atoms with E-state index in [9.17, 15) is 4.79 Å². The second-order valence-corrected chi connectivity index (χ2v) is 5.01. The number of hydrogen-bond acceptors (Lipinski definition) is 4. The average molecular weight is 234 g/mol. The number of carbonyl (C=O) groups excluding carboxylic acids is 1. The van der Waals surface area contributed by atoms with E-state index in [2.05, 4.69) is 23.7 Å². The van der Waals surface area contributed by atoms with Gasteiger partial charge in [0.1, 0.15) is 5.82 Å². The molecule has 1 aliphatic heterocycles. The van der Waals surface area contributed by atoms with Crippen LogP contribution in [0, 0.1) is 5.92 Å². The van der Waals surface area contributed by atoms with Crippen molar-refractivity contribution in [1.82, 2.24) is 4.98 Å². The molecule has 0 saturated carbocycles. The highest BCUT2D eigenvalue weighted by molar-refractivity contribution is 5.92. The van der Waals surface area contributed by atoms with Crippen LogP contribution in [0.3, 0.4) is 0 Å². The number of nitrogens with zero attached hydrogens (tertiary/aromatic N) is 2. The van der Waals surface area contributed by atoms with Gasteiger partial charge >= 0.3 is 0 Å². The first kappa shape index (κ1) is 11.9. The molecule has 0 radical (unpaired) electrons. The maximum Gasteiger partial charge on any atom is 0.250 e. The first-order chi connectivity index (χ1) is 7.92. The lowest BCUT2D eigenvalue weighted by Gasteiger charge is -2.51. The predicted octanol–water partition coefficient (Wildman–Crippen LogP) is 0.354. The van der Waals surface area contributed by atoms with Crippen LogP contribution in [-0.2, 0) is 0 Å². The van der Waals surface area contributed by atoms with Crippen molar-refractivity contribution < 1.29 is 4.79 Å². The van der Waals surface area contributed by atoms with Gasteiger partial charge in [0.05, 0.1) is 11.1 Å². The van der Waals surface area contributed by atoms with E-state index in [0.29, 0.717) is 11.5 Å². The van der Waals surface area contributed by atoms with E-state index in [-0.39, 0.29) is 5.54 Å². The molecule has 0 spiro atoms. The lowest BCUT2D eigenvalue weighted by atomic mass is 9.80. The first-order valence-electron chi connectivity index (χ1n) is 5.72. The Morgan fingerprint density at radius 3 is 2.53 bits per heavy atom. The number of primary amides is 1. The lowest BCUT2D eigenvalue weighted by molar-refractivity contribution is 0.1000. The van der Waals surface area contributed by atoms with Gasteiger partial charge in [-0.15, -0.1) is 0 Å². The van der Waals surface area contributed by atoms with Gasteiger partial charge < -0.3 is 16.4 Å². The molecule has 0 aliphatic carbocycles. The largest absolute Gasteiger partial charge is 0.366 e. The van der Waals surface area contributed by atoms with Crippen molar-refractivity contribution in [2.75, 3.05) is 18.0 Å². The molecular formula is C12H18N4O. The van der Waals surface area contributed by atoms with Gasteiger partial charge in [0, 0.05) is 19.3 Å². The summed E-state index contributed by atoms with van der Waals surface area (Å²) in [5.41, 5.74) is 11.7. The highest BCUT2D eigenvalue weighted by Crippen LogP contribution is 2.29. The smallest absolute Gasteiger partial charge is 0.250 e. The Labute approximate surface area is 101 Å². The number of amides is 1. The molecule has 2 rings (SSSR count). The zero-order valence-corrected chi connectivity index (χ0v) is 10.2. The minimum atomic E-state index is -0.456. The van der Waals surface area contributed by atoms with Crippen molar-refractivity contribution >= 4 is 11.7 Å². The Morgan fingerprint density at radius 1 is 1.47 bits per heavy atom. The Bertz CT molecular complexity index is 421. The molecule has 1 fully saturated rings. The second-order valence-electron chi connectivity index (χ2n) is 5.01. The quantitative estimate of drug-likeness (QED) is 0.790. The highest BCUT2D eigenvalue weighted by Gasteiger charge is 2.42. The van der Waals surface area contributed by atoms with E-state index in [0.717, 1.165) is 18.9 Å². The number of rotatable bonds is 3. The van der Waals surface area contributed by atoms with E-state index >= 15 is 0 Å². The molecular weight excluding hydrogens is 216 g/mol. The van der Waals surface area contributed by atoms with Crippen LogP contribution in [0.2, 0.25) is 0 Å². The Hall–Kier alpha value is -1.62. The lowest BCUT2D eigenvalue weighted by Crippen LogP contribution is -2.70. The van der Waals surface area contributed by atoms with E-state index in [4.69, 9.17) is 11.5 Å². The van der Waals surface area contributed by atoms with Crippen LogP contribution in [0.15, 0.2) is 18.3 Å². The van der Waals surface area contributed by atoms with Gasteiger partial charge in [0.2, 0.25) is 5.91 Å². The van der Waals surface area contributed by atoms with E-state index < -0.39 is 5.91 Å². The molecule has 5 nitrogen and oxygen atoms in total. The fourth-order valence-corrected chi connectivity index (χ4v) is 1.91. The zero-order valence-electron chi connectivity index (χ0n) is 10.2. The molecule has 92 valence electrons. The maximum atomic E-state index is 10.9. The molecule has 0 aromatic carbocycles. The van der Waals surface area contributed by atoms with E-state index in [1.165, 1.54) is 6.20 Å². The Kier molecular flexibility index (Phi) is 2.79. The summed E-state index contributed by atoms with van der Waals surface area (Å²) in [6.45, 7) is 5.85. The summed E-state index contributed by atoms with van der Waals surface area (Å²) in [5.74, 6) is 0.836. The fraction of sp³-hybridized carbons (Fsp3) is 0.500. The van der Waals surface area contributed by atoms with Crippen molar-refractivity contribution in [3.8, 4) is 0 Å². The number of aromatic nitrogens is 1. The van der Waals surface area contributed by atoms with Gasteiger partial charge in [0.15, 0.2) is 0 Å². The average Bonchev–Trinajstić information content (AvgIpc) is 2.24. The third-order valence-electron chi connectivity index (χ3n) is 3.48. The van der Waals surface area contributed by atoms with Crippen molar-refractivity contribution in [3.05, 3.63) is 23.9 Å². The summed E-state index contributed by atoms with van der Waals surface area (Å²) in [7, 11) is 0. The van der Waals surface area contributed by atoms with Crippen LogP contribution >= 0.6 is 0 Å². The summed E-state index contributed by atoms with van der Waals surface area (Å²) in [6.07, 6.45) is 1.50. The standard InChI is InChI=1S/C12H18N4O/c1-8(2)12(14)6-16(7-12)10-4-3-9(5-15-10)11(13)17/h3-5,8H,6-7,14H2,1-2H3,(H2,13,17). The summed E-state index contributed by atoms with van der Waals surface area (Å²) in [5, 5.41) is 0. The van der Waals surface area contributed by atoms with Crippen LogP contribution in [0.5, 0.6) is 0 Å². The number of nitrogens with two attached hydrogens (primary N) is 2. The Morgan fingerprint density at radius 2 is 2.12 bits per heavy atom. The topological polar surface area (TPSA) is 85.2 Å². The third-order valence-corrected chi connectivity index (χ3v) is 3.48. The van der Waals surface area contributed by atoms with Crippen LogP contribution < -0.4 is 16.4 Å². The minimum absolute atomic E-state index is 0.121. The van der Waals surface area contributed by atoms with Crippen LogP contribution in [0.1, 0.15) is 24.2 Å². The molecule has 1 amide bonds. The van der Waals surface area contributed by atoms with Crippen LogP contribution in [0.4, 0.5) is 5.82 Å². The molecule has 5 heteroatoms. The summed E-state index contributed by atoms with van der Waals surface area (Å²) < 4.78 is 0. The molecule has 0 atom stereocenters. The van der Waals surface area contributed by atoms with Crippen LogP contribution in [-0.4, -0.2) is 29.5 Å². The zero-order chi connectivity index (χ0) is 12.6. The summed E-state index contributed by atoms with van der Waals surface area (Å²) >= 11 is 0. The molecule has 1 aromatic rings. The molecule has 1 aliphatic rings. The SMILES string of the molecule is CC(C)C1(N)CN(c2ccc(C(N)=O)cn2)C1. The van der Waals surface area contributed by atoms with Gasteiger partial charge in [-0.05, 0) is 18.1 Å². The Balaban J connectivity index is 2.04. The highest BCUT2D eigenvalue weighted by atomic mass is 16.1. The van der Waals surface area contributed by atoms with Crippen molar-refractivity contribution in [2.45, 2.75) is 19.4 Å². The monoisotopic (exact) mass is 234 g/mol. The minimum Gasteiger partial charge on any atom is -0.366 e. The normalized spacial score (nSPS) is 18.0. The molecule has 17 heavy (non-hydrogen) atoms. The van der Waals surface area contributed by atoms with E-state index in [1.807, 2.05) is 0 Å². The third kappa shape index (κ3) is 2.10. The van der Waals surface area contributed by atoms with Gasteiger partial charge in [-0.1, -0.05) is 13.8 Å². The van der Waals surface area contributed by atoms with Gasteiger partial charge in [0.25, 0.3) is 0 Å². The number of hydrogen-bond donors (Lipinski definition) is 2. The molecule has 1 aromatic heterocycles. The fourth-order valence-electron chi connectivity index (χ4n) is 1.91. The van der Waals surface area contributed by atoms with Gasteiger partial charge in [-0.25, -0.2) is 4.98 Å². The summed E-state index contributed by atoms with van der Waals surface area (Å²) in [4.78, 5) is 17.2. The van der Waals surface area contributed by atoms with Crippen molar-refractivity contribution in [2.24, 2.45) is 17.4 Å². The molecule has 4 N–H and O–H groups in total. The maximum absolute atomic E-state index is 10.9.